The van der Waals surface area contributed by atoms with Gasteiger partial charge in [-0.2, -0.15) is 0 Å². The monoisotopic (exact) mass is 234 g/mol. The van der Waals surface area contributed by atoms with E-state index in [1.807, 2.05) is 0 Å². The Morgan fingerprint density at radius 3 is 2.76 bits per heavy atom. The van der Waals surface area contributed by atoms with Crippen LogP contribution in [0.3, 0.4) is 0 Å². The van der Waals surface area contributed by atoms with Crippen LogP contribution in [-0.2, 0) is 0 Å². The fourth-order valence-electron chi connectivity index (χ4n) is 1.40. The minimum Gasteiger partial charge on any atom is -0.481 e. The fourth-order valence-corrected chi connectivity index (χ4v) is 1.40. The summed E-state index contributed by atoms with van der Waals surface area (Å²) in [5, 5.41) is 12.2. The van der Waals surface area contributed by atoms with Gasteiger partial charge >= 0.3 is 5.97 Å². The van der Waals surface area contributed by atoms with Gasteiger partial charge in [0.1, 0.15) is 0 Å². The van der Waals surface area contributed by atoms with E-state index in [2.05, 4.69) is 10.1 Å². The minimum absolute atomic E-state index is 0.131. The predicted molar refractivity (Wildman–Crippen MR) is 58.0 cm³/mol. The van der Waals surface area contributed by atoms with Gasteiger partial charge in [0, 0.05) is 23.4 Å². The highest BCUT2D eigenvalue weighted by Gasteiger charge is 2.13. The Balaban J connectivity index is 2.44. The van der Waals surface area contributed by atoms with Gasteiger partial charge in [0.05, 0.1) is 7.11 Å². The second kappa shape index (κ2) is 4.25. The molecule has 0 aliphatic heterocycles. The molecule has 6 nitrogen and oxygen atoms in total. The molecular weight excluding hydrogens is 224 g/mol. The summed E-state index contributed by atoms with van der Waals surface area (Å²) in [5.74, 6) is -0.322. The molecule has 0 radical (unpaired) electrons. The third-order valence-electron chi connectivity index (χ3n) is 2.15. The third-order valence-corrected chi connectivity index (χ3v) is 2.15. The molecule has 2 heterocycles. The van der Waals surface area contributed by atoms with Crippen LogP contribution in [-0.4, -0.2) is 28.3 Å². The van der Waals surface area contributed by atoms with Crippen molar-refractivity contribution >= 4 is 5.97 Å². The first-order chi connectivity index (χ1) is 8.10. The Morgan fingerprint density at radius 2 is 2.18 bits per heavy atom. The number of nitrogens with zero attached hydrogens (tertiary/aromatic N) is 2. The molecule has 0 fully saturated rings. The van der Waals surface area contributed by atoms with Crippen LogP contribution in [0.5, 0.6) is 5.88 Å². The number of carboxylic acids is 1. The molecule has 0 aliphatic carbocycles. The summed E-state index contributed by atoms with van der Waals surface area (Å²) in [4.78, 5) is 14.8. The lowest BCUT2D eigenvalue weighted by Crippen LogP contribution is -1.94. The molecule has 2 rings (SSSR count). The van der Waals surface area contributed by atoms with Gasteiger partial charge in [0.15, 0.2) is 11.5 Å². The van der Waals surface area contributed by atoms with Gasteiger partial charge in [-0.3, -0.25) is 0 Å². The van der Waals surface area contributed by atoms with E-state index in [1.165, 1.54) is 13.2 Å². The molecule has 6 heteroatoms. The number of ether oxygens (including phenoxy) is 1. The molecule has 1 N–H and O–H groups in total. The summed E-state index contributed by atoms with van der Waals surface area (Å²) >= 11 is 0. The number of aromatic carboxylic acids is 1. The molecular formula is C11H10N2O4. The van der Waals surface area contributed by atoms with Crippen molar-refractivity contribution in [3.8, 4) is 17.2 Å². The van der Waals surface area contributed by atoms with Crippen LogP contribution in [0.25, 0.3) is 11.3 Å². The van der Waals surface area contributed by atoms with E-state index >= 15 is 0 Å². The number of aromatic nitrogens is 2. The van der Waals surface area contributed by atoms with Gasteiger partial charge in [0.25, 0.3) is 0 Å². The van der Waals surface area contributed by atoms with Crippen LogP contribution >= 0.6 is 0 Å². The van der Waals surface area contributed by atoms with Crippen LogP contribution in [0.1, 0.15) is 16.2 Å². The van der Waals surface area contributed by atoms with Gasteiger partial charge in [-0.05, 0) is 13.0 Å². The standard InChI is InChI=1S/C11H10N2O4/c1-6-3-7(4-10(12-6)16-2)9-5-8(11(14)15)13-17-9/h3-5H,1-2H3,(H,14,15). The first-order valence-electron chi connectivity index (χ1n) is 4.83. The first kappa shape index (κ1) is 11.1. The summed E-state index contributed by atoms with van der Waals surface area (Å²) in [7, 11) is 1.51. The average Bonchev–Trinajstić information content (AvgIpc) is 2.77. The number of aryl methyl sites for hydroxylation is 1. The second-order valence-corrected chi connectivity index (χ2v) is 3.42. The zero-order valence-electron chi connectivity index (χ0n) is 9.30. The lowest BCUT2D eigenvalue weighted by Gasteiger charge is -2.02. The molecule has 0 amide bonds. The molecule has 2 aromatic rings. The average molecular weight is 234 g/mol. The van der Waals surface area contributed by atoms with Crippen molar-refractivity contribution in [2.75, 3.05) is 7.11 Å². The van der Waals surface area contributed by atoms with Crippen molar-refractivity contribution in [3.05, 3.63) is 29.6 Å². The van der Waals surface area contributed by atoms with Gasteiger partial charge in [-0.15, -0.1) is 0 Å². The Kier molecular flexibility index (Phi) is 2.78. The van der Waals surface area contributed by atoms with Crippen molar-refractivity contribution in [1.29, 1.82) is 0 Å². The maximum Gasteiger partial charge on any atom is 0.358 e. The number of rotatable bonds is 3. The normalized spacial score (nSPS) is 10.2. The van der Waals surface area contributed by atoms with E-state index in [9.17, 15) is 4.79 Å². The summed E-state index contributed by atoms with van der Waals surface area (Å²) in [6.45, 7) is 1.81. The number of hydrogen-bond donors (Lipinski definition) is 1. The van der Waals surface area contributed by atoms with Gasteiger partial charge in [-0.1, -0.05) is 5.16 Å². The fraction of sp³-hybridized carbons (Fsp3) is 0.182. The predicted octanol–water partition coefficient (Wildman–Crippen LogP) is 1.75. The van der Waals surface area contributed by atoms with Crippen LogP contribution in [0, 0.1) is 6.92 Å². The quantitative estimate of drug-likeness (QED) is 0.870. The Bertz CT molecular complexity index is 562. The molecule has 2 aromatic heterocycles. The lowest BCUT2D eigenvalue weighted by molar-refractivity contribution is 0.0686. The van der Waals surface area contributed by atoms with Crippen LogP contribution < -0.4 is 4.74 Å². The number of methoxy groups -OCH3 is 1. The summed E-state index contributed by atoms with van der Waals surface area (Å²) < 4.78 is 9.97. The summed E-state index contributed by atoms with van der Waals surface area (Å²) in [6, 6.07) is 4.77. The Morgan fingerprint density at radius 1 is 1.41 bits per heavy atom. The van der Waals surface area contributed by atoms with E-state index in [0.29, 0.717) is 17.2 Å². The van der Waals surface area contributed by atoms with E-state index in [4.69, 9.17) is 14.4 Å². The molecule has 0 spiro atoms. The van der Waals surface area contributed by atoms with E-state index in [0.717, 1.165) is 5.69 Å². The number of carboxylic acid groups (broad SMARTS) is 1. The Hall–Kier alpha value is -2.37. The molecule has 0 atom stereocenters. The van der Waals surface area contributed by atoms with Crippen LogP contribution in [0.4, 0.5) is 0 Å². The van der Waals surface area contributed by atoms with Gasteiger partial charge in [-0.25, -0.2) is 9.78 Å². The first-order valence-corrected chi connectivity index (χ1v) is 4.83. The smallest absolute Gasteiger partial charge is 0.358 e. The van der Waals surface area contributed by atoms with E-state index in [-0.39, 0.29) is 5.69 Å². The second-order valence-electron chi connectivity index (χ2n) is 3.42. The highest BCUT2D eigenvalue weighted by atomic mass is 16.5. The van der Waals surface area contributed by atoms with E-state index in [1.54, 1.807) is 19.1 Å². The molecule has 0 unspecified atom stereocenters. The van der Waals surface area contributed by atoms with Gasteiger partial charge in [0.2, 0.25) is 5.88 Å². The topological polar surface area (TPSA) is 85.5 Å². The summed E-state index contributed by atoms with van der Waals surface area (Å²) in [5.41, 5.74) is 1.29. The SMILES string of the molecule is COc1cc(-c2cc(C(=O)O)no2)cc(C)n1. The van der Waals surface area contributed by atoms with E-state index < -0.39 is 5.97 Å². The molecule has 0 aromatic carbocycles. The number of pyridine rings is 1. The maximum absolute atomic E-state index is 10.7. The highest BCUT2D eigenvalue weighted by Crippen LogP contribution is 2.24. The third kappa shape index (κ3) is 2.25. The molecule has 0 saturated carbocycles. The molecule has 17 heavy (non-hydrogen) atoms. The zero-order valence-corrected chi connectivity index (χ0v) is 9.30. The molecule has 0 bridgehead atoms. The molecule has 0 saturated heterocycles. The Labute approximate surface area is 96.8 Å². The molecule has 88 valence electrons. The number of hydrogen-bond acceptors (Lipinski definition) is 5. The van der Waals surface area contributed by atoms with Crippen molar-refractivity contribution in [3.63, 3.8) is 0 Å². The van der Waals surface area contributed by atoms with Crippen molar-refractivity contribution < 1.29 is 19.2 Å². The van der Waals surface area contributed by atoms with Crippen molar-refractivity contribution in [2.24, 2.45) is 0 Å². The van der Waals surface area contributed by atoms with Crippen LogP contribution in [0.15, 0.2) is 22.7 Å². The minimum atomic E-state index is -1.13. The van der Waals surface area contributed by atoms with Crippen LogP contribution in [0.2, 0.25) is 0 Å². The van der Waals surface area contributed by atoms with Gasteiger partial charge < -0.3 is 14.4 Å². The van der Waals surface area contributed by atoms with Crippen molar-refractivity contribution in [2.45, 2.75) is 6.92 Å². The highest BCUT2D eigenvalue weighted by molar-refractivity contribution is 5.86. The largest absolute Gasteiger partial charge is 0.481 e. The maximum atomic E-state index is 10.7. The molecule has 0 aliphatic rings. The lowest BCUT2D eigenvalue weighted by atomic mass is 10.1. The zero-order chi connectivity index (χ0) is 12.4. The van der Waals surface area contributed by atoms with Crippen molar-refractivity contribution in [1.82, 2.24) is 10.1 Å². The summed E-state index contributed by atoms with van der Waals surface area (Å²) in [6.07, 6.45) is 0. The number of carbonyl (C=O) groups is 1.